The van der Waals surface area contributed by atoms with Crippen LogP contribution in [0.2, 0.25) is 0 Å². The van der Waals surface area contributed by atoms with Gasteiger partial charge in [0.05, 0.1) is 0 Å². The molecule has 23 heavy (non-hydrogen) atoms. The molecule has 1 fully saturated rings. The van der Waals surface area contributed by atoms with Crippen LogP contribution in [0, 0.1) is 0 Å². The molecular formula is C10H12Cl6N2O4S. The maximum Gasteiger partial charge on any atom is 0.429 e. The third kappa shape index (κ3) is 9.63. The van der Waals surface area contributed by atoms with Gasteiger partial charge in [-0.15, -0.1) is 11.8 Å². The third-order valence-electron chi connectivity index (χ3n) is 2.33. The van der Waals surface area contributed by atoms with Gasteiger partial charge in [-0.05, 0) is 18.6 Å². The van der Waals surface area contributed by atoms with Crippen LogP contribution in [0.1, 0.15) is 12.8 Å². The zero-order valence-electron chi connectivity index (χ0n) is 11.4. The quantitative estimate of drug-likeness (QED) is 0.482. The first-order valence-electron chi connectivity index (χ1n) is 6.12. The molecule has 0 spiro atoms. The summed E-state index contributed by atoms with van der Waals surface area (Å²) in [6, 6.07) is 0. The summed E-state index contributed by atoms with van der Waals surface area (Å²) in [5, 5.41) is 0.632. The molecule has 1 N–H and O–H groups in total. The summed E-state index contributed by atoms with van der Waals surface area (Å²) in [5.41, 5.74) is 2.24. The molecule has 6 nitrogen and oxygen atoms in total. The highest BCUT2D eigenvalue weighted by atomic mass is 35.6. The van der Waals surface area contributed by atoms with Crippen molar-refractivity contribution in [2.75, 3.05) is 19.0 Å². The van der Waals surface area contributed by atoms with E-state index in [0.29, 0.717) is 6.42 Å². The summed E-state index contributed by atoms with van der Waals surface area (Å²) in [7, 11) is 0. The number of amides is 2. The molecule has 13 heteroatoms. The van der Waals surface area contributed by atoms with Crippen molar-refractivity contribution in [1.82, 2.24) is 10.4 Å². The standard InChI is InChI=1S/C10H12Cl6N2O4S/c11-9(12,13)4-21-7(19)17-18(6-2-1-3-23-6)8(20)22-5-10(14,15)16/h6H,1-5H2,(H,17,19). The van der Waals surface area contributed by atoms with E-state index in [0.717, 1.165) is 17.2 Å². The van der Waals surface area contributed by atoms with Gasteiger partial charge < -0.3 is 9.47 Å². The van der Waals surface area contributed by atoms with Crippen LogP contribution in [-0.2, 0) is 9.47 Å². The van der Waals surface area contributed by atoms with E-state index in [-0.39, 0.29) is 5.37 Å². The van der Waals surface area contributed by atoms with Crippen molar-refractivity contribution in [3.63, 3.8) is 0 Å². The second-order valence-corrected chi connectivity index (χ2v) is 10.6. The van der Waals surface area contributed by atoms with Gasteiger partial charge in [0.25, 0.3) is 0 Å². The van der Waals surface area contributed by atoms with E-state index in [1.165, 1.54) is 11.8 Å². The smallest absolute Gasteiger partial charge is 0.429 e. The van der Waals surface area contributed by atoms with Crippen molar-refractivity contribution >= 4 is 93.6 Å². The Morgan fingerprint density at radius 1 is 1.09 bits per heavy atom. The summed E-state index contributed by atoms with van der Waals surface area (Å²) in [4.78, 5) is 23.8. The molecule has 1 heterocycles. The van der Waals surface area contributed by atoms with Crippen molar-refractivity contribution in [1.29, 1.82) is 0 Å². The Kier molecular flexibility index (Phi) is 8.82. The highest BCUT2D eigenvalue weighted by molar-refractivity contribution is 8.00. The van der Waals surface area contributed by atoms with Gasteiger partial charge in [-0.25, -0.2) is 20.0 Å². The number of hydrazine groups is 1. The Hall–Kier alpha value is 0.630. The molecule has 1 unspecified atom stereocenters. The summed E-state index contributed by atoms with van der Waals surface area (Å²) in [5.74, 6) is 0.823. The van der Waals surface area contributed by atoms with Crippen LogP contribution in [0.4, 0.5) is 9.59 Å². The maximum absolute atomic E-state index is 12.1. The van der Waals surface area contributed by atoms with Crippen LogP contribution in [0.25, 0.3) is 0 Å². The molecule has 1 aliphatic heterocycles. The van der Waals surface area contributed by atoms with Gasteiger partial charge in [-0.2, -0.15) is 0 Å². The number of carbonyl (C=O) groups is 2. The number of thioether (sulfide) groups is 1. The number of nitrogens with one attached hydrogen (secondary N) is 1. The molecule has 0 radical (unpaired) electrons. The van der Waals surface area contributed by atoms with E-state index in [9.17, 15) is 9.59 Å². The number of hydrogen-bond donors (Lipinski definition) is 1. The highest BCUT2D eigenvalue weighted by Crippen LogP contribution is 2.30. The van der Waals surface area contributed by atoms with E-state index < -0.39 is 33.0 Å². The Labute approximate surface area is 167 Å². The van der Waals surface area contributed by atoms with E-state index in [1.54, 1.807) is 0 Å². The fourth-order valence-electron chi connectivity index (χ4n) is 1.49. The molecule has 1 aliphatic rings. The highest BCUT2D eigenvalue weighted by Gasteiger charge is 2.33. The van der Waals surface area contributed by atoms with Gasteiger partial charge in [0.1, 0.15) is 18.6 Å². The molecule has 2 amide bonds. The second-order valence-electron chi connectivity index (χ2n) is 4.31. The van der Waals surface area contributed by atoms with Gasteiger partial charge >= 0.3 is 12.2 Å². The van der Waals surface area contributed by atoms with Crippen molar-refractivity contribution in [2.24, 2.45) is 0 Å². The van der Waals surface area contributed by atoms with E-state index in [4.69, 9.17) is 79.1 Å². The zero-order chi connectivity index (χ0) is 17.7. The van der Waals surface area contributed by atoms with Crippen molar-refractivity contribution in [3.8, 4) is 0 Å². The Balaban J connectivity index is 2.61. The van der Waals surface area contributed by atoms with Gasteiger partial charge in [0, 0.05) is 0 Å². The Morgan fingerprint density at radius 3 is 2.13 bits per heavy atom. The normalized spacial score (nSPS) is 18.4. The number of hydrogen-bond acceptors (Lipinski definition) is 5. The summed E-state index contributed by atoms with van der Waals surface area (Å²) in [6.07, 6.45) is -0.344. The lowest BCUT2D eigenvalue weighted by Crippen LogP contribution is -2.51. The molecule has 0 aromatic heterocycles. The van der Waals surface area contributed by atoms with Crippen LogP contribution in [-0.4, -0.2) is 49.1 Å². The third-order valence-corrected chi connectivity index (χ3v) is 4.34. The molecular weight excluding hydrogens is 457 g/mol. The van der Waals surface area contributed by atoms with Crippen LogP contribution < -0.4 is 5.43 Å². The predicted molar refractivity (Wildman–Crippen MR) is 93.7 cm³/mol. The molecule has 1 saturated heterocycles. The second kappa shape index (κ2) is 9.36. The first-order valence-corrected chi connectivity index (χ1v) is 9.44. The van der Waals surface area contributed by atoms with Crippen LogP contribution in [0.3, 0.4) is 0 Å². The van der Waals surface area contributed by atoms with Crippen molar-refractivity contribution < 1.29 is 19.1 Å². The monoisotopic (exact) mass is 466 g/mol. The van der Waals surface area contributed by atoms with Crippen LogP contribution in [0.15, 0.2) is 0 Å². The fourth-order valence-corrected chi connectivity index (χ4v) is 3.04. The minimum absolute atomic E-state index is 0.335. The maximum atomic E-state index is 12.1. The molecule has 134 valence electrons. The number of halogens is 6. The van der Waals surface area contributed by atoms with Gasteiger partial charge in [0.15, 0.2) is 0 Å². The molecule has 1 rings (SSSR count). The first-order chi connectivity index (χ1) is 10.5. The molecule has 0 saturated carbocycles. The molecule has 0 bridgehead atoms. The Bertz CT molecular complexity index is 425. The molecule has 0 aliphatic carbocycles. The first kappa shape index (κ1) is 21.7. The molecule has 0 aromatic carbocycles. The van der Waals surface area contributed by atoms with Crippen LogP contribution in [0.5, 0.6) is 0 Å². The SMILES string of the molecule is O=C(NN(C(=O)OCC(Cl)(Cl)Cl)C1CCCS1)OCC(Cl)(Cl)Cl. The van der Waals surface area contributed by atoms with Gasteiger partial charge in [-0.3, -0.25) is 0 Å². The number of ether oxygens (including phenoxy) is 2. The fraction of sp³-hybridized carbons (Fsp3) is 0.800. The summed E-state index contributed by atoms with van der Waals surface area (Å²) < 4.78 is 6.04. The molecule has 1 atom stereocenters. The average molecular weight is 469 g/mol. The lowest BCUT2D eigenvalue weighted by atomic mass is 10.3. The van der Waals surface area contributed by atoms with Gasteiger partial charge in [-0.1, -0.05) is 69.6 Å². The number of rotatable bonds is 3. The van der Waals surface area contributed by atoms with Gasteiger partial charge in [0.2, 0.25) is 7.59 Å². The number of alkyl halides is 6. The minimum Gasteiger partial charge on any atom is -0.444 e. The predicted octanol–water partition coefficient (Wildman–Crippen LogP) is 4.66. The number of carbonyl (C=O) groups excluding carboxylic acids is 2. The van der Waals surface area contributed by atoms with E-state index in [2.05, 4.69) is 5.43 Å². The van der Waals surface area contributed by atoms with E-state index in [1.807, 2.05) is 0 Å². The lowest BCUT2D eigenvalue weighted by Gasteiger charge is -2.28. The summed E-state index contributed by atoms with van der Waals surface area (Å²) >= 11 is 34.4. The van der Waals surface area contributed by atoms with Crippen LogP contribution >= 0.6 is 81.4 Å². The topological polar surface area (TPSA) is 67.9 Å². The summed E-state index contributed by atoms with van der Waals surface area (Å²) in [6.45, 7) is -0.965. The minimum atomic E-state index is -1.76. The zero-order valence-corrected chi connectivity index (χ0v) is 16.7. The lowest BCUT2D eigenvalue weighted by molar-refractivity contribution is 0.0668. The Morgan fingerprint density at radius 2 is 1.65 bits per heavy atom. The number of nitrogens with zero attached hydrogens (tertiary/aromatic N) is 1. The van der Waals surface area contributed by atoms with E-state index >= 15 is 0 Å². The largest absolute Gasteiger partial charge is 0.444 e. The molecule has 0 aromatic rings. The van der Waals surface area contributed by atoms with Crippen molar-refractivity contribution in [3.05, 3.63) is 0 Å². The average Bonchev–Trinajstić information content (AvgIpc) is 2.92. The van der Waals surface area contributed by atoms with Crippen molar-refractivity contribution in [2.45, 2.75) is 25.8 Å².